The molecular formula is C5H8N. The summed E-state index contributed by atoms with van der Waals surface area (Å²) < 4.78 is 0. The Morgan fingerprint density at radius 3 is 2.33 bits per heavy atom. The van der Waals surface area contributed by atoms with E-state index in [2.05, 4.69) is 17.8 Å². The van der Waals surface area contributed by atoms with Gasteiger partial charge in [0.15, 0.2) is 0 Å². The van der Waals surface area contributed by atoms with Gasteiger partial charge in [-0.2, -0.15) is 0 Å². The van der Waals surface area contributed by atoms with Crippen LogP contribution in [-0.4, -0.2) is 13.1 Å². The van der Waals surface area contributed by atoms with E-state index >= 15 is 0 Å². The lowest BCUT2D eigenvalue weighted by Crippen LogP contribution is -2.26. The molecule has 0 saturated carbocycles. The lowest BCUT2D eigenvalue weighted by molar-refractivity contribution is 0.730. The van der Waals surface area contributed by atoms with Crippen molar-refractivity contribution in [1.82, 2.24) is 5.32 Å². The van der Waals surface area contributed by atoms with Crippen LogP contribution in [0.15, 0.2) is 12.2 Å². The molecule has 33 valence electrons. The number of nitrogens with one attached hydrogen (secondary N) is 1. The van der Waals surface area contributed by atoms with E-state index in [0.717, 1.165) is 0 Å². The van der Waals surface area contributed by atoms with Crippen molar-refractivity contribution in [2.75, 3.05) is 7.05 Å². The molecule has 6 heavy (non-hydrogen) atoms. The summed E-state index contributed by atoms with van der Waals surface area (Å²) in [5, 5.41) is 3.06. The molecule has 1 unspecified atom stereocenters. The molecule has 0 aromatic heterocycles. The first-order valence-corrected chi connectivity index (χ1v) is 2.12. The lowest BCUT2D eigenvalue weighted by atomic mass is 10.1. The molecule has 1 heteroatoms. The Morgan fingerprint density at radius 2 is 2.33 bits per heavy atom. The van der Waals surface area contributed by atoms with Gasteiger partial charge in [-0.25, -0.2) is 0 Å². The predicted molar refractivity (Wildman–Crippen MR) is 26.3 cm³/mol. The number of hydrogen-bond donors (Lipinski definition) is 1. The van der Waals surface area contributed by atoms with Crippen LogP contribution in [0.5, 0.6) is 0 Å². The van der Waals surface area contributed by atoms with E-state index in [1.54, 1.807) is 0 Å². The maximum absolute atomic E-state index is 3.06. The predicted octanol–water partition coefficient (Wildman–Crippen LogP) is 0.348. The summed E-state index contributed by atoms with van der Waals surface area (Å²) in [7, 11) is 1.95. The second-order valence-electron chi connectivity index (χ2n) is 1.39. The molecule has 0 aliphatic heterocycles. The number of hydrogen-bond acceptors (Lipinski definition) is 1. The fraction of sp³-hybridized carbons (Fsp3) is 0.400. The van der Waals surface area contributed by atoms with Gasteiger partial charge < -0.3 is 5.32 Å². The van der Waals surface area contributed by atoms with Gasteiger partial charge in [-0.1, -0.05) is 12.2 Å². The Bertz CT molecular complexity index is 66.3. The van der Waals surface area contributed by atoms with E-state index in [-0.39, 0.29) is 0 Å². The maximum atomic E-state index is 3.06. The molecule has 1 radical (unpaired) electrons. The van der Waals surface area contributed by atoms with Gasteiger partial charge >= 0.3 is 0 Å². The third kappa shape index (κ3) is 0.455. The van der Waals surface area contributed by atoms with E-state index in [0.29, 0.717) is 6.04 Å². The van der Waals surface area contributed by atoms with Crippen molar-refractivity contribution in [3.05, 3.63) is 18.6 Å². The highest BCUT2D eigenvalue weighted by Crippen LogP contribution is 2.02. The standard InChI is InChI=1S/C5H8N/c1-6-5-3-2-4-5/h2-6H,1H3. The monoisotopic (exact) mass is 82.1 g/mol. The van der Waals surface area contributed by atoms with Crippen LogP contribution in [-0.2, 0) is 0 Å². The molecule has 1 aliphatic carbocycles. The first-order valence-electron chi connectivity index (χ1n) is 2.12. The Balaban J connectivity index is 2.21. The summed E-state index contributed by atoms with van der Waals surface area (Å²) in [5.41, 5.74) is 0. The largest absolute Gasteiger partial charge is 0.313 e. The zero-order valence-corrected chi connectivity index (χ0v) is 3.81. The first kappa shape index (κ1) is 3.88. The third-order valence-corrected chi connectivity index (χ3v) is 0.970. The van der Waals surface area contributed by atoms with E-state index in [1.165, 1.54) is 0 Å². The molecule has 0 spiro atoms. The minimum Gasteiger partial charge on any atom is -0.313 e. The van der Waals surface area contributed by atoms with E-state index < -0.39 is 0 Å². The Labute approximate surface area is 38.1 Å². The highest BCUT2D eigenvalue weighted by molar-refractivity contribution is 5.20. The molecule has 1 rings (SSSR count). The van der Waals surface area contributed by atoms with Crippen molar-refractivity contribution < 1.29 is 0 Å². The molecule has 1 aliphatic rings. The quantitative estimate of drug-likeness (QED) is 0.481. The van der Waals surface area contributed by atoms with Crippen LogP contribution in [0.25, 0.3) is 0 Å². The molecule has 0 fully saturated rings. The molecule has 0 aromatic carbocycles. The topological polar surface area (TPSA) is 12.0 Å². The minimum atomic E-state index is 0.560. The Morgan fingerprint density at radius 1 is 1.67 bits per heavy atom. The van der Waals surface area contributed by atoms with Crippen molar-refractivity contribution in [3.63, 3.8) is 0 Å². The van der Waals surface area contributed by atoms with E-state index in [4.69, 9.17) is 0 Å². The van der Waals surface area contributed by atoms with Crippen LogP contribution in [0.3, 0.4) is 0 Å². The summed E-state index contributed by atoms with van der Waals surface area (Å²) in [6.07, 6.45) is 6.27. The molecule has 1 atom stereocenters. The van der Waals surface area contributed by atoms with Crippen molar-refractivity contribution in [3.8, 4) is 0 Å². The van der Waals surface area contributed by atoms with Crippen LogP contribution >= 0.6 is 0 Å². The second kappa shape index (κ2) is 1.43. The SMILES string of the molecule is CNC1[CH]C=C1. The summed E-state index contributed by atoms with van der Waals surface area (Å²) >= 11 is 0. The maximum Gasteiger partial charge on any atom is 0.0316 e. The number of rotatable bonds is 1. The normalized spacial score (nSPS) is 29.8. The molecule has 1 nitrogen and oxygen atoms in total. The van der Waals surface area contributed by atoms with Gasteiger partial charge in [0.25, 0.3) is 0 Å². The summed E-state index contributed by atoms with van der Waals surface area (Å²) in [5.74, 6) is 0. The third-order valence-electron chi connectivity index (χ3n) is 0.970. The molecule has 1 N–H and O–H groups in total. The zero-order valence-electron chi connectivity index (χ0n) is 3.81. The lowest BCUT2D eigenvalue weighted by Gasteiger charge is -2.14. The zero-order chi connectivity index (χ0) is 4.41. The average Bonchev–Trinajstić information content (AvgIpc) is 1.31. The van der Waals surface area contributed by atoms with Crippen LogP contribution in [0.1, 0.15) is 0 Å². The fourth-order valence-electron chi connectivity index (χ4n) is 0.415. The van der Waals surface area contributed by atoms with Crippen LogP contribution in [0, 0.1) is 6.42 Å². The van der Waals surface area contributed by atoms with Gasteiger partial charge in [-0.15, -0.1) is 0 Å². The van der Waals surface area contributed by atoms with E-state index in [1.807, 2.05) is 13.1 Å². The molecule has 0 saturated heterocycles. The molecular weight excluding hydrogens is 74.1 g/mol. The summed E-state index contributed by atoms with van der Waals surface area (Å²) in [6, 6.07) is 0.560. The van der Waals surface area contributed by atoms with Crippen molar-refractivity contribution in [2.24, 2.45) is 0 Å². The van der Waals surface area contributed by atoms with E-state index in [9.17, 15) is 0 Å². The first-order chi connectivity index (χ1) is 2.93. The van der Waals surface area contributed by atoms with Crippen molar-refractivity contribution in [2.45, 2.75) is 6.04 Å². The Hall–Kier alpha value is -0.300. The molecule has 0 heterocycles. The van der Waals surface area contributed by atoms with Gasteiger partial charge in [0.05, 0.1) is 0 Å². The van der Waals surface area contributed by atoms with Gasteiger partial charge in [0.2, 0.25) is 0 Å². The number of likely N-dealkylation sites (N-methyl/N-ethyl adjacent to an activating group) is 1. The van der Waals surface area contributed by atoms with Crippen LogP contribution in [0.4, 0.5) is 0 Å². The smallest absolute Gasteiger partial charge is 0.0316 e. The average molecular weight is 82.1 g/mol. The van der Waals surface area contributed by atoms with Gasteiger partial charge in [0, 0.05) is 12.5 Å². The van der Waals surface area contributed by atoms with Crippen molar-refractivity contribution in [1.29, 1.82) is 0 Å². The second-order valence-corrected chi connectivity index (χ2v) is 1.39. The summed E-state index contributed by atoms with van der Waals surface area (Å²) in [6.45, 7) is 0. The molecule has 0 aromatic rings. The van der Waals surface area contributed by atoms with Gasteiger partial charge in [-0.3, -0.25) is 0 Å². The van der Waals surface area contributed by atoms with Gasteiger partial charge in [0.1, 0.15) is 0 Å². The van der Waals surface area contributed by atoms with Crippen LogP contribution < -0.4 is 5.32 Å². The van der Waals surface area contributed by atoms with Crippen LogP contribution in [0.2, 0.25) is 0 Å². The highest BCUT2D eigenvalue weighted by Gasteiger charge is 2.04. The van der Waals surface area contributed by atoms with Gasteiger partial charge in [-0.05, 0) is 7.05 Å². The van der Waals surface area contributed by atoms with Crippen molar-refractivity contribution >= 4 is 0 Å². The minimum absolute atomic E-state index is 0.560. The molecule has 0 amide bonds. The highest BCUT2D eigenvalue weighted by atomic mass is 14.9. The molecule has 0 bridgehead atoms. The Kier molecular flexibility index (Phi) is 0.926. The summed E-state index contributed by atoms with van der Waals surface area (Å²) in [4.78, 5) is 0. The fourth-order valence-corrected chi connectivity index (χ4v) is 0.415.